The number of hydrogen-bond acceptors (Lipinski definition) is 3. The van der Waals surface area contributed by atoms with E-state index in [1.807, 2.05) is 19.1 Å². The molecule has 0 unspecified atom stereocenters. The highest BCUT2D eigenvalue weighted by atomic mass is 127. The van der Waals surface area contributed by atoms with Crippen LogP contribution in [0, 0.1) is 3.57 Å². The molecule has 0 aliphatic rings. The first-order valence-corrected chi connectivity index (χ1v) is 6.37. The lowest BCUT2D eigenvalue weighted by Gasteiger charge is -2.12. The zero-order valence-corrected chi connectivity index (χ0v) is 11.6. The number of hydrogen-bond donors (Lipinski definition) is 2. The summed E-state index contributed by atoms with van der Waals surface area (Å²) in [6.45, 7) is 2.82. The van der Waals surface area contributed by atoms with Crippen molar-refractivity contribution in [2.45, 2.75) is 6.92 Å². The highest BCUT2D eigenvalue weighted by Crippen LogP contribution is 2.35. The quantitative estimate of drug-likeness (QED) is 0.818. The molecule has 0 saturated carbocycles. The fraction of sp³-hybridized carbons (Fsp3) is 0.182. The van der Waals surface area contributed by atoms with Crippen molar-refractivity contribution in [3.8, 4) is 0 Å². The third kappa shape index (κ3) is 1.91. The summed E-state index contributed by atoms with van der Waals surface area (Å²) in [7, 11) is 0. The van der Waals surface area contributed by atoms with Gasteiger partial charge < -0.3 is 11.1 Å². The number of benzene rings is 1. The monoisotopic (exact) mass is 347 g/mol. The topological polar surface area (TPSA) is 50.9 Å². The molecule has 1 aromatic carbocycles. The van der Waals surface area contributed by atoms with Crippen LogP contribution in [0.3, 0.4) is 0 Å². The van der Waals surface area contributed by atoms with Crippen LogP contribution in [0.4, 0.5) is 11.4 Å². The molecular weight excluding hydrogens is 336 g/mol. The summed E-state index contributed by atoms with van der Waals surface area (Å²) in [4.78, 5) is 4.33. The van der Waals surface area contributed by atoms with Crippen LogP contribution in [-0.2, 0) is 0 Å². The van der Waals surface area contributed by atoms with E-state index in [4.69, 9.17) is 17.3 Å². The normalized spacial score (nSPS) is 10.7. The maximum Gasteiger partial charge on any atom is 0.0872 e. The number of rotatable bonds is 2. The Hall–Kier alpha value is -0.750. The van der Waals surface area contributed by atoms with Gasteiger partial charge in [0.05, 0.1) is 28.1 Å². The molecule has 3 N–H and O–H groups in total. The highest BCUT2D eigenvalue weighted by molar-refractivity contribution is 14.1. The van der Waals surface area contributed by atoms with Gasteiger partial charge in [0.2, 0.25) is 0 Å². The van der Waals surface area contributed by atoms with Gasteiger partial charge in [-0.3, -0.25) is 4.98 Å². The number of aromatic nitrogens is 1. The summed E-state index contributed by atoms with van der Waals surface area (Å²) in [6.07, 6.45) is 1.67. The van der Waals surface area contributed by atoms with E-state index in [0.29, 0.717) is 10.7 Å². The lowest BCUT2D eigenvalue weighted by molar-refractivity contribution is 1.21. The number of nitrogens with zero attached hydrogens (tertiary/aromatic N) is 1. The molecule has 0 atom stereocenters. The third-order valence-corrected chi connectivity index (χ3v) is 3.49. The Labute approximate surface area is 113 Å². The molecule has 1 heterocycles. The molecule has 2 rings (SSSR count). The fourth-order valence-corrected chi connectivity index (χ4v) is 2.45. The van der Waals surface area contributed by atoms with Crippen molar-refractivity contribution >= 4 is 56.5 Å². The molecule has 16 heavy (non-hydrogen) atoms. The van der Waals surface area contributed by atoms with Crippen LogP contribution in [0.5, 0.6) is 0 Å². The number of fused-ring (bicyclic) bond motifs is 1. The second kappa shape index (κ2) is 4.63. The Morgan fingerprint density at radius 3 is 2.94 bits per heavy atom. The molecular formula is C11H11ClIN3. The van der Waals surface area contributed by atoms with Gasteiger partial charge in [-0.15, -0.1) is 0 Å². The molecule has 1 aromatic heterocycles. The van der Waals surface area contributed by atoms with E-state index in [-0.39, 0.29) is 0 Å². The molecule has 84 valence electrons. The number of nitrogens with two attached hydrogens (primary N) is 1. The van der Waals surface area contributed by atoms with Crippen molar-refractivity contribution in [2.24, 2.45) is 0 Å². The maximum absolute atomic E-state index is 6.20. The van der Waals surface area contributed by atoms with E-state index >= 15 is 0 Å². The Morgan fingerprint density at radius 2 is 2.25 bits per heavy atom. The van der Waals surface area contributed by atoms with E-state index in [1.165, 1.54) is 0 Å². The summed E-state index contributed by atoms with van der Waals surface area (Å²) in [6, 6.07) is 3.82. The van der Waals surface area contributed by atoms with Crippen molar-refractivity contribution in [3.05, 3.63) is 26.9 Å². The van der Waals surface area contributed by atoms with Gasteiger partial charge in [-0.05, 0) is 41.6 Å². The molecule has 0 spiro atoms. The number of halogens is 2. The zero-order valence-electron chi connectivity index (χ0n) is 8.72. The summed E-state index contributed by atoms with van der Waals surface area (Å²) in [5.41, 5.74) is 8.29. The van der Waals surface area contributed by atoms with Gasteiger partial charge in [0.15, 0.2) is 0 Å². The minimum absolute atomic E-state index is 0.623. The maximum atomic E-state index is 6.20. The zero-order chi connectivity index (χ0) is 11.7. The van der Waals surface area contributed by atoms with Gasteiger partial charge in [-0.2, -0.15) is 0 Å². The predicted octanol–water partition coefficient (Wildman–Crippen LogP) is 3.51. The van der Waals surface area contributed by atoms with Crippen LogP contribution in [-0.4, -0.2) is 11.5 Å². The third-order valence-electron chi connectivity index (χ3n) is 2.30. The van der Waals surface area contributed by atoms with E-state index in [9.17, 15) is 0 Å². The summed E-state index contributed by atoms with van der Waals surface area (Å²) >= 11 is 8.44. The number of nitrogens with one attached hydrogen (secondary N) is 1. The first-order chi connectivity index (χ1) is 7.65. The second-order valence-electron chi connectivity index (χ2n) is 3.37. The second-order valence-corrected chi connectivity index (χ2v) is 4.94. The Balaban J connectivity index is 2.85. The molecule has 2 aromatic rings. The number of pyridine rings is 1. The number of nitrogen functional groups attached to an aromatic ring is 1. The summed E-state index contributed by atoms with van der Waals surface area (Å²) < 4.78 is 1.07. The van der Waals surface area contributed by atoms with Crippen LogP contribution in [0.2, 0.25) is 5.02 Å². The van der Waals surface area contributed by atoms with E-state index in [2.05, 4.69) is 32.9 Å². The Morgan fingerprint density at radius 1 is 1.50 bits per heavy atom. The van der Waals surface area contributed by atoms with Crippen molar-refractivity contribution in [3.63, 3.8) is 0 Å². The van der Waals surface area contributed by atoms with Gasteiger partial charge in [0.1, 0.15) is 0 Å². The summed E-state index contributed by atoms with van der Waals surface area (Å²) in [5.74, 6) is 0. The molecule has 0 fully saturated rings. The van der Waals surface area contributed by atoms with E-state index in [0.717, 1.165) is 26.7 Å². The minimum atomic E-state index is 0.623. The van der Waals surface area contributed by atoms with Gasteiger partial charge in [0, 0.05) is 15.5 Å². The molecule has 3 nitrogen and oxygen atoms in total. The van der Waals surface area contributed by atoms with Crippen molar-refractivity contribution < 1.29 is 0 Å². The lowest BCUT2D eigenvalue weighted by Crippen LogP contribution is -2.03. The summed E-state index contributed by atoms with van der Waals surface area (Å²) in [5, 5.41) is 4.80. The SMILES string of the molecule is CCNc1c(N)cnc2c(I)ccc(Cl)c12. The first kappa shape index (κ1) is 11.7. The van der Waals surface area contributed by atoms with Crippen LogP contribution >= 0.6 is 34.2 Å². The predicted molar refractivity (Wildman–Crippen MR) is 78.0 cm³/mol. The average Bonchev–Trinajstić information content (AvgIpc) is 2.27. The molecule has 5 heteroatoms. The minimum Gasteiger partial charge on any atom is -0.396 e. The largest absolute Gasteiger partial charge is 0.396 e. The smallest absolute Gasteiger partial charge is 0.0872 e. The molecule has 0 aliphatic carbocycles. The Bertz CT molecular complexity index is 542. The van der Waals surface area contributed by atoms with Gasteiger partial charge in [-0.1, -0.05) is 11.6 Å². The van der Waals surface area contributed by atoms with Crippen LogP contribution in [0.25, 0.3) is 10.9 Å². The number of anilines is 2. The van der Waals surface area contributed by atoms with Crippen molar-refractivity contribution in [2.75, 3.05) is 17.6 Å². The van der Waals surface area contributed by atoms with Crippen molar-refractivity contribution in [1.29, 1.82) is 0 Å². The van der Waals surface area contributed by atoms with Gasteiger partial charge in [-0.25, -0.2) is 0 Å². The van der Waals surface area contributed by atoms with Crippen LogP contribution < -0.4 is 11.1 Å². The molecule has 0 aliphatic heterocycles. The highest BCUT2D eigenvalue weighted by Gasteiger charge is 2.11. The standard InChI is InChI=1S/C11H11ClIN3/c1-2-15-11-8(14)5-16-10-7(13)4-3-6(12)9(10)11/h3-5H,2,14H2,1H3,(H,15,16). The lowest BCUT2D eigenvalue weighted by atomic mass is 10.1. The van der Waals surface area contributed by atoms with Crippen molar-refractivity contribution in [1.82, 2.24) is 4.98 Å². The first-order valence-electron chi connectivity index (χ1n) is 4.91. The van der Waals surface area contributed by atoms with Gasteiger partial charge >= 0.3 is 0 Å². The van der Waals surface area contributed by atoms with E-state index < -0.39 is 0 Å². The van der Waals surface area contributed by atoms with E-state index in [1.54, 1.807) is 6.20 Å². The Kier molecular flexibility index (Phi) is 3.39. The fourth-order valence-electron chi connectivity index (χ4n) is 1.62. The molecule has 0 amide bonds. The van der Waals surface area contributed by atoms with Gasteiger partial charge in [0.25, 0.3) is 0 Å². The van der Waals surface area contributed by atoms with Crippen LogP contribution in [0.1, 0.15) is 6.92 Å². The average molecular weight is 348 g/mol. The van der Waals surface area contributed by atoms with Crippen LogP contribution in [0.15, 0.2) is 18.3 Å². The molecule has 0 bridgehead atoms. The molecule has 0 radical (unpaired) electrons. The molecule has 0 saturated heterocycles.